The highest BCUT2D eigenvalue weighted by atomic mass is 16.5. The van der Waals surface area contributed by atoms with Gasteiger partial charge in [-0.25, -0.2) is 9.97 Å². The predicted molar refractivity (Wildman–Crippen MR) is 78.4 cm³/mol. The van der Waals surface area contributed by atoms with Crippen LogP contribution in [0.5, 0.6) is 0 Å². The van der Waals surface area contributed by atoms with E-state index < -0.39 is 30.5 Å². The summed E-state index contributed by atoms with van der Waals surface area (Å²) < 4.78 is 5.89. The van der Waals surface area contributed by atoms with Gasteiger partial charge in [-0.15, -0.1) is 5.11 Å². The standard InChI is InChI=1S/C14H21N5O3/c1-14(2,3)4-6-10(20)11(21)12(22-6)8-7-9(19-18-8)13(15)17-5-16-7/h5-6,8,10-12,20-21H,4H2,1-3H3,(H2,15,16,17)/t6-,8?,10-,11-,12+/m1/s1. The first-order chi connectivity index (χ1) is 10.3. The maximum Gasteiger partial charge on any atom is 0.155 e. The van der Waals surface area contributed by atoms with Crippen LogP contribution >= 0.6 is 0 Å². The largest absolute Gasteiger partial charge is 0.388 e. The van der Waals surface area contributed by atoms with Crippen LogP contribution in [-0.2, 0) is 4.74 Å². The molecule has 3 rings (SSSR count). The van der Waals surface area contributed by atoms with Gasteiger partial charge in [0, 0.05) is 0 Å². The van der Waals surface area contributed by atoms with E-state index in [1.807, 2.05) is 0 Å². The molecule has 3 heterocycles. The smallest absolute Gasteiger partial charge is 0.155 e. The molecule has 8 heteroatoms. The number of hydrogen-bond donors (Lipinski definition) is 3. The fraction of sp³-hybridized carbons (Fsp3) is 0.714. The number of azo groups is 1. The Morgan fingerprint density at radius 3 is 2.64 bits per heavy atom. The van der Waals surface area contributed by atoms with E-state index in [0.29, 0.717) is 17.8 Å². The summed E-state index contributed by atoms with van der Waals surface area (Å²) in [4.78, 5) is 8.02. The molecule has 120 valence electrons. The number of nitrogens with zero attached hydrogens (tertiary/aromatic N) is 4. The summed E-state index contributed by atoms with van der Waals surface area (Å²) in [6.45, 7) is 6.17. The van der Waals surface area contributed by atoms with Gasteiger partial charge in [0.05, 0.1) is 6.10 Å². The Bertz CT molecular complexity index is 601. The molecule has 0 spiro atoms. The molecular formula is C14H21N5O3. The third kappa shape index (κ3) is 2.57. The first kappa shape index (κ1) is 15.3. The lowest BCUT2D eigenvalue weighted by Crippen LogP contribution is -2.35. The Hall–Kier alpha value is -1.64. The van der Waals surface area contributed by atoms with Crippen molar-refractivity contribution in [3.8, 4) is 0 Å². The van der Waals surface area contributed by atoms with E-state index in [9.17, 15) is 10.2 Å². The summed E-state index contributed by atoms with van der Waals surface area (Å²) in [5.41, 5.74) is 6.66. The van der Waals surface area contributed by atoms with Gasteiger partial charge in [-0.2, -0.15) is 5.11 Å². The molecule has 8 nitrogen and oxygen atoms in total. The highest BCUT2D eigenvalue weighted by Crippen LogP contribution is 2.44. The highest BCUT2D eigenvalue weighted by Gasteiger charge is 2.49. The number of aromatic nitrogens is 2. The Kier molecular flexibility index (Phi) is 3.62. The van der Waals surface area contributed by atoms with Crippen molar-refractivity contribution in [3.63, 3.8) is 0 Å². The molecule has 2 aliphatic heterocycles. The number of rotatable bonds is 2. The predicted octanol–water partition coefficient (Wildman–Crippen LogP) is 1.12. The van der Waals surface area contributed by atoms with Crippen molar-refractivity contribution in [2.45, 2.75) is 57.6 Å². The van der Waals surface area contributed by atoms with Gasteiger partial charge in [0.25, 0.3) is 0 Å². The summed E-state index contributed by atoms with van der Waals surface area (Å²) in [5.74, 6) is 0.246. The number of fused-ring (bicyclic) bond motifs is 1. The van der Waals surface area contributed by atoms with E-state index in [2.05, 4.69) is 41.0 Å². The van der Waals surface area contributed by atoms with Crippen LogP contribution in [0.15, 0.2) is 16.6 Å². The topological polar surface area (TPSA) is 126 Å². The first-order valence-corrected chi connectivity index (χ1v) is 7.31. The number of hydrogen-bond acceptors (Lipinski definition) is 8. The molecular weight excluding hydrogens is 286 g/mol. The Labute approximate surface area is 128 Å². The number of nitrogen functional groups attached to an aromatic ring is 1. The van der Waals surface area contributed by atoms with Gasteiger partial charge < -0.3 is 20.7 Å². The van der Waals surface area contributed by atoms with Crippen molar-refractivity contribution in [3.05, 3.63) is 12.0 Å². The average molecular weight is 307 g/mol. The van der Waals surface area contributed by atoms with E-state index in [4.69, 9.17) is 10.5 Å². The molecule has 0 amide bonds. The van der Waals surface area contributed by atoms with Crippen molar-refractivity contribution < 1.29 is 14.9 Å². The SMILES string of the molecule is CC(C)(C)C[C@H]1O[C@@H](C2N=Nc3c(N)ncnc32)[C@H](O)[C@@H]1O. The minimum atomic E-state index is -1.04. The van der Waals surface area contributed by atoms with E-state index >= 15 is 0 Å². The van der Waals surface area contributed by atoms with E-state index in [-0.39, 0.29) is 11.2 Å². The van der Waals surface area contributed by atoms with Crippen LogP contribution in [0.1, 0.15) is 38.9 Å². The Balaban J connectivity index is 1.83. The van der Waals surface area contributed by atoms with E-state index in [1.165, 1.54) is 6.33 Å². The molecule has 1 unspecified atom stereocenters. The van der Waals surface area contributed by atoms with Crippen molar-refractivity contribution >= 4 is 11.5 Å². The molecule has 1 aromatic heterocycles. The fourth-order valence-corrected chi connectivity index (χ4v) is 2.93. The summed E-state index contributed by atoms with van der Waals surface area (Å²) >= 11 is 0. The van der Waals surface area contributed by atoms with Crippen LogP contribution in [0.25, 0.3) is 0 Å². The van der Waals surface area contributed by atoms with Crippen LogP contribution in [0, 0.1) is 5.41 Å². The van der Waals surface area contributed by atoms with Crippen molar-refractivity contribution in [2.24, 2.45) is 15.6 Å². The maximum absolute atomic E-state index is 10.3. The van der Waals surface area contributed by atoms with Crippen LogP contribution < -0.4 is 5.73 Å². The Morgan fingerprint density at radius 1 is 1.23 bits per heavy atom. The zero-order valence-corrected chi connectivity index (χ0v) is 12.8. The molecule has 22 heavy (non-hydrogen) atoms. The summed E-state index contributed by atoms with van der Waals surface area (Å²) in [6, 6.07) is -0.574. The second-order valence-electron chi connectivity index (χ2n) is 7.04. The van der Waals surface area contributed by atoms with Crippen LogP contribution in [0.2, 0.25) is 0 Å². The number of anilines is 1. The van der Waals surface area contributed by atoms with Gasteiger partial charge >= 0.3 is 0 Å². The van der Waals surface area contributed by atoms with E-state index in [1.54, 1.807) is 0 Å². The number of aliphatic hydroxyl groups excluding tert-OH is 2. The average Bonchev–Trinajstić information content (AvgIpc) is 2.95. The number of nitrogens with two attached hydrogens (primary N) is 1. The molecule has 0 aliphatic carbocycles. The van der Waals surface area contributed by atoms with E-state index in [0.717, 1.165) is 0 Å². The molecule has 1 saturated heterocycles. The number of ether oxygens (including phenoxy) is 1. The summed E-state index contributed by atoms with van der Waals surface area (Å²) in [5, 5.41) is 28.7. The van der Waals surface area contributed by atoms with Gasteiger partial charge in [0.1, 0.15) is 36.4 Å². The second kappa shape index (κ2) is 5.22. The lowest BCUT2D eigenvalue weighted by Gasteiger charge is -2.24. The third-order valence-corrected chi connectivity index (χ3v) is 3.97. The van der Waals surface area contributed by atoms with Crippen LogP contribution in [0.3, 0.4) is 0 Å². The minimum absolute atomic E-state index is 0.0258. The zero-order chi connectivity index (χ0) is 16.1. The van der Waals surface area contributed by atoms with Crippen molar-refractivity contribution in [1.82, 2.24) is 9.97 Å². The summed E-state index contributed by atoms with van der Waals surface area (Å²) in [7, 11) is 0. The lowest BCUT2D eigenvalue weighted by molar-refractivity contribution is -0.0219. The highest BCUT2D eigenvalue weighted by molar-refractivity contribution is 5.62. The first-order valence-electron chi connectivity index (χ1n) is 7.31. The van der Waals surface area contributed by atoms with Crippen LogP contribution in [-0.4, -0.2) is 44.6 Å². The van der Waals surface area contributed by atoms with Gasteiger partial charge in [-0.1, -0.05) is 20.8 Å². The van der Waals surface area contributed by atoms with Gasteiger partial charge in [0.2, 0.25) is 0 Å². The zero-order valence-electron chi connectivity index (χ0n) is 12.8. The second-order valence-corrected chi connectivity index (χ2v) is 7.04. The molecule has 0 bridgehead atoms. The van der Waals surface area contributed by atoms with Gasteiger partial charge in [-0.3, -0.25) is 0 Å². The molecule has 4 N–H and O–H groups in total. The molecule has 1 aromatic rings. The minimum Gasteiger partial charge on any atom is -0.388 e. The lowest BCUT2D eigenvalue weighted by atomic mass is 9.87. The molecule has 0 saturated carbocycles. The van der Waals surface area contributed by atoms with Crippen molar-refractivity contribution in [2.75, 3.05) is 5.73 Å². The van der Waals surface area contributed by atoms with Gasteiger partial charge in [0.15, 0.2) is 11.5 Å². The molecule has 2 aliphatic rings. The molecule has 0 radical (unpaired) electrons. The number of aliphatic hydroxyl groups is 2. The quantitative estimate of drug-likeness (QED) is 0.751. The van der Waals surface area contributed by atoms with Crippen LogP contribution in [0.4, 0.5) is 11.5 Å². The molecule has 1 fully saturated rings. The van der Waals surface area contributed by atoms with Gasteiger partial charge in [-0.05, 0) is 11.8 Å². The maximum atomic E-state index is 10.3. The normalized spacial score (nSPS) is 34.1. The molecule has 5 atom stereocenters. The monoisotopic (exact) mass is 307 g/mol. The molecule has 0 aromatic carbocycles. The summed E-state index contributed by atoms with van der Waals surface area (Å²) in [6.07, 6.45) is -1.17. The van der Waals surface area contributed by atoms with Crippen molar-refractivity contribution in [1.29, 1.82) is 0 Å². The fourth-order valence-electron chi connectivity index (χ4n) is 2.93. The third-order valence-electron chi connectivity index (χ3n) is 3.97. The Morgan fingerprint density at radius 2 is 1.95 bits per heavy atom.